The molecule has 0 aromatic carbocycles. The Labute approximate surface area is 106 Å². The van der Waals surface area contributed by atoms with Crippen molar-refractivity contribution in [2.24, 2.45) is 5.92 Å². The lowest BCUT2D eigenvalue weighted by Gasteiger charge is -2.13. The second kappa shape index (κ2) is 6.72. The molecule has 2 unspecified atom stereocenters. The summed E-state index contributed by atoms with van der Waals surface area (Å²) in [5, 5.41) is 20.6. The highest BCUT2D eigenvalue weighted by Gasteiger charge is 2.10. The van der Waals surface area contributed by atoms with Gasteiger partial charge in [-0.25, -0.2) is 4.98 Å². The Morgan fingerprint density at radius 1 is 1.56 bits per heavy atom. The van der Waals surface area contributed by atoms with E-state index in [2.05, 4.69) is 10.3 Å². The van der Waals surface area contributed by atoms with Crippen molar-refractivity contribution in [3.8, 4) is 6.07 Å². The van der Waals surface area contributed by atoms with Crippen molar-refractivity contribution >= 4 is 5.91 Å². The number of rotatable bonds is 5. The Hall–Kier alpha value is -1.93. The molecule has 1 rings (SSSR count). The van der Waals surface area contributed by atoms with Crippen LogP contribution in [0, 0.1) is 17.2 Å². The number of aromatic nitrogens is 1. The molecule has 5 nitrogen and oxygen atoms in total. The number of nitriles is 1. The maximum absolute atomic E-state index is 11.7. The molecule has 1 amide bonds. The zero-order valence-corrected chi connectivity index (χ0v) is 10.6. The minimum atomic E-state index is -0.370. The van der Waals surface area contributed by atoms with Gasteiger partial charge in [-0.2, -0.15) is 5.26 Å². The van der Waals surface area contributed by atoms with Crippen molar-refractivity contribution in [3.05, 3.63) is 29.6 Å². The average Bonchev–Trinajstić information content (AvgIpc) is 2.35. The first-order valence-electron chi connectivity index (χ1n) is 5.85. The Morgan fingerprint density at radius 2 is 2.28 bits per heavy atom. The third-order valence-corrected chi connectivity index (χ3v) is 2.48. The van der Waals surface area contributed by atoms with Crippen molar-refractivity contribution in [2.45, 2.75) is 26.4 Å². The predicted octanol–water partition coefficient (Wildman–Crippen LogP) is 1.09. The topological polar surface area (TPSA) is 86.0 Å². The van der Waals surface area contributed by atoms with Crippen LogP contribution in [0.25, 0.3) is 0 Å². The van der Waals surface area contributed by atoms with Gasteiger partial charge in [0.25, 0.3) is 5.91 Å². The van der Waals surface area contributed by atoms with E-state index >= 15 is 0 Å². The molecule has 0 aliphatic heterocycles. The molecule has 0 saturated carbocycles. The van der Waals surface area contributed by atoms with E-state index in [9.17, 15) is 9.90 Å². The lowest BCUT2D eigenvalue weighted by molar-refractivity contribution is 0.0934. The van der Waals surface area contributed by atoms with Crippen LogP contribution in [0.5, 0.6) is 0 Å². The molecule has 0 aliphatic carbocycles. The summed E-state index contributed by atoms with van der Waals surface area (Å²) in [5.74, 6) is -0.0655. The summed E-state index contributed by atoms with van der Waals surface area (Å²) in [6.07, 6.45) is 1.64. The summed E-state index contributed by atoms with van der Waals surface area (Å²) < 4.78 is 0. The van der Waals surface area contributed by atoms with Gasteiger partial charge in [-0.1, -0.05) is 6.92 Å². The van der Waals surface area contributed by atoms with Crippen LogP contribution >= 0.6 is 0 Å². The van der Waals surface area contributed by atoms with Crippen molar-refractivity contribution < 1.29 is 9.90 Å². The maximum Gasteiger partial charge on any atom is 0.269 e. The highest BCUT2D eigenvalue weighted by Crippen LogP contribution is 2.05. The Balaban J connectivity index is 2.47. The zero-order chi connectivity index (χ0) is 13.5. The summed E-state index contributed by atoms with van der Waals surface area (Å²) in [4.78, 5) is 15.6. The van der Waals surface area contributed by atoms with Crippen LogP contribution in [0.4, 0.5) is 0 Å². The van der Waals surface area contributed by atoms with Gasteiger partial charge < -0.3 is 10.4 Å². The van der Waals surface area contributed by atoms with Crippen molar-refractivity contribution in [1.82, 2.24) is 10.3 Å². The molecule has 96 valence electrons. The molecule has 0 radical (unpaired) electrons. The Morgan fingerprint density at radius 3 is 2.78 bits per heavy atom. The molecule has 0 bridgehead atoms. The van der Waals surface area contributed by atoms with Gasteiger partial charge in [0.1, 0.15) is 11.8 Å². The first kappa shape index (κ1) is 14.1. The molecular formula is C13H17N3O2. The van der Waals surface area contributed by atoms with Gasteiger partial charge in [-0.05, 0) is 31.4 Å². The molecule has 0 saturated heterocycles. The average molecular weight is 247 g/mol. The first-order chi connectivity index (χ1) is 8.52. The third kappa shape index (κ3) is 4.52. The molecule has 2 N–H and O–H groups in total. The van der Waals surface area contributed by atoms with E-state index in [1.807, 2.05) is 13.0 Å². The highest BCUT2D eigenvalue weighted by molar-refractivity contribution is 5.92. The number of pyridine rings is 1. The number of carbonyl (C=O) groups excluding carboxylic acids is 1. The maximum atomic E-state index is 11.7. The fraction of sp³-hybridized carbons (Fsp3) is 0.462. The van der Waals surface area contributed by atoms with E-state index in [0.717, 1.165) is 0 Å². The third-order valence-electron chi connectivity index (χ3n) is 2.48. The van der Waals surface area contributed by atoms with E-state index < -0.39 is 0 Å². The van der Waals surface area contributed by atoms with Crippen LogP contribution in [0.1, 0.15) is 36.3 Å². The van der Waals surface area contributed by atoms with Crippen LogP contribution in [-0.4, -0.2) is 28.6 Å². The van der Waals surface area contributed by atoms with Gasteiger partial charge in [-0.15, -0.1) is 0 Å². The fourth-order valence-electron chi connectivity index (χ4n) is 1.62. The van der Waals surface area contributed by atoms with Crippen molar-refractivity contribution in [2.75, 3.05) is 6.54 Å². The van der Waals surface area contributed by atoms with E-state index in [1.54, 1.807) is 13.0 Å². The predicted molar refractivity (Wildman–Crippen MR) is 66.7 cm³/mol. The number of hydrogen-bond acceptors (Lipinski definition) is 4. The molecule has 0 fully saturated rings. The minimum absolute atomic E-state index is 0.201. The molecule has 0 aliphatic rings. The molecule has 1 aromatic rings. The van der Waals surface area contributed by atoms with E-state index in [1.165, 1.54) is 12.3 Å². The quantitative estimate of drug-likeness (QED) is 0.815. The minimum Gasteiger partial charge on any atom is -0.393 e. The van der Waals surface area contributed by atoms with Gasteiger partial charge in [0, 0.05) is 12.7 Å². The molecule has 18 heavy (non-hydrogen) atoms. The van der Waals surface area contributed by atoms with E-state index in [0.29, 0.717) is 24.2 Å². The lowest BCUT2D eigenvalue weighted by Crippen LogP contribution is -2.30. The van der Waals surface area contributed by atoms with Crippen molar-refractivity contribution in [3.63, 3.8) is 0 Å². The zero-order valence-electron chi connectivity index (χ0n) is 10.6. The highest BCUT2D eigenvalue weighted by atomic mass is 16.3. The number of nitrogens with one attached hydrogen (secondary N) is 1. The van der Waals surface area contributed by atoms with Crippen LogP contribution in [0.2, 0.25) is 0 Å². The van der Waals surface area contributed by atoms with Gasteiger partial charge in [0.05, 0.1) is 11.7 Å². The van der Waals surface area contributed by atoms with Gasteiger partial charge in [0.2, 0.25) is 0 Å². The fourth-order valence-corrected chi connectivity index (χ4v) is 1.62. The molecule has 1 heterocycles. The second-order valence-electron chi connectivity index (χ2n) is 4.44. The standard InChI is InChI=1S/C13H17N3O2/c1-9(5-10(2)17)7-16-13(18)12-4-3-11(6-14)8-15-12/h3-4,8-10,17H,5,7H2,1-2H3,(H,16,18). The number of amides is 1. The van der Waals surface area contributed by atoms with Gasteiger partial charge in [-0.3, -0.25) is 4.79 Å². The number of nitrogens with zero attached hydrogens (tertiary/aromatic N) is 2. The van der Waals surface area contributed by atoms with Gasteiger partial charge in [0.15, 0.2) is 0 Å². The van der Waals surface area contributed by atoms with Crippen molar-refractivity contribution in [1.29, 1.82) is 5.26 Å². The number of aliphatic hydroxyl groups excluding tert-OH is 1. The Kier molecular flexibility index (Phi) is 5.28. The van der Waals surface area contributed by atoms with Crippen LogP contribution < -0.4 is 5.32 Å². The largest absolute Gasteiger partial charge is 0.393 e. The molecule has 5 heteroatoms. The van der Waals surface area contributed by atoms with Crippen LogP contribution in [0.15, 0.2) is 18.3 Å². The lowest BCUT2D eigenvalue weighted by atomic mass is 10.0. The van der Waals surface area contributed by atoms with E-state index in [4.69, 9.17) is 5.26 Å². The normalized spacial score (nSPS) is 13.4. The monoisotopic (exact) mass is 247 g/mol. The van der Waals surface area contributed by atoms with Gasteiger partial charge >= 0.3 is 0 Å². The number of aliphatic hydroxyl groups is 1. The summed E-state index contributed by atoms with van der Waals surface area (Å²) >= 11 is 0. The van der Waals surface area contributed by atoms with Crippen LogP contribution in [-0.2, 0) is 0 Å². The summed E-state index contributed by atoms with van der Waals surface area (Å²) in [6.45, 7) is 4.17. The SMILES string of the molecule is CC(O)CC(C)CNC(=O)c1ccc(C#N)cn1. The van der Waals surface area contributed by atoms with E-state index in [-0.39, 0.29) is 17.9 Å². The molecule has 1 aromatic heterocycles. The summed E-state index contributed by atoms with van der Waals surface area (Å²) in [7, 11) is 0. The number of hydrogen-bond donors (Lipinski definition) is 2. The summed E-state index contributed by atoms with van der Waals surface area (Å²) in [5.41, 5.74) is 0.715. The second-order valence-corrected chi connectivity index (χ2v) is 4.44. The first-order valence-corrected chi connectivity index (χ1v) is 5.85. The Bertz CT molecular complexity index is 435. The summed E-state index contributed by atoms with van der Waals surface area (Å²) in [6, 6.07) is 5.02. The van der Waals surface area contributed by atoms with Crippen LogP contribution in [0.3, 0.4) is 0 Å². The molecule has 2 atom stereocenters. The number of carbonyl (C=O) groups is 1. The smallest absolute Gasteiger partial charge is 0.269 e. The molecule has 0 spiro atoms. The molecular weight excluding hydrogens is 230 g/mol.